The first-order valence-electron chi connectivity index (χ1n) is 4.71. The van der Waals surface area contributed by atoms with Crippen LogP contribution in [-0.2, 0) is 0 Å². The van der Waals surface area contributed by atoms with Crippen molar-refractivity contribution in [1.82, 2.24) is 4.90 Å². The van der Waals surface area contributed by atoms with Gasteiger partial charge in [0.2, 0.25) is 0 Å². The molecule has 1 nitrogen and oxygen atoms in total. The summed E-state index contributed by atoms with van der Waals surface area (Å²) in [5, 5.41) is 0. The Hall–Kier alpha value is -0.300. The fourth-order valence-electron chi connectivity index (χ4n) is 2.17. The molecule has 1 fully saturated rings. The second kappa shape index (κ2) is 2.98. The van der Waals surface area contributed by atoms with E-state index in [-0.39, 0.29) is 0 Å². The molecule has 0 N–H and O–H groups in total. The summed E-state index contributed by atoms with van der Waals surface area (Å²) in [5.74, 6) is 1.81. The second-order valence-corrected chi connectivity index (χ2v) is 4.02. The molecule has 2 atom stereocenters. The molecule has 11 heavy (non-hydrogen) atoms. The van der Waals surface area contributed by atoms with Crippen LogP contribution in [0.1, 0.15) is 19.3 Å². The van der Waals surface area contributed by atoms with Gasteiger partial charge in [0.05, 0.1) is 0 Å². The number of hydrogen-bond donors (Lipinski definition) is 0. The SMILES string of the molecule is CN1CCC2C=CC(CC1)C2. The maximum Gasteiger partial charge on any atom is -0.00162 e. The lowest BCUT2D eigenvalue weighted by Crippen LogP contribution is -2.25. The molecule has 0 saturated carbocycles. The number of hydrogen-bond acceptors (Lipinski definition) is 1. The second-order valence-electron chi connectivity index (χ2n) is 4.02. The maximum atomic E-state index is 2.46. The predicted molar refractivity (Wildman–Crippen MR) is 47.5 cm³/mol. The first-order chi connectivity index (χ1) is 5.34. The van der Waals surface area contributed by atoms with Crippen LogP contribution in [0.25, 0.3) is 0 Å². The molecule has 2 unspecified atom stereocenters. The third-order valence-electron chi connectivity index (χ3n) is 3.02. The van der Waals surface area contributed by atoms with Gasteiger partial charge < -0.3 is 4.90 Å². The fourth-order valence-corrected chi connectivity index (χ4v) is 2.17. The summed E-state index contributed by atoms with van der Waals surface area (Å²) in [7, 11) is 2.24. The number of nitrogens with zero attached hydrogens (tertiary/aromatic N) is 1. The molecule has 0 aromatic rings. The quantitative estimate of drug-likeness (QED) is 0.478. The minimum atomic E-state index is 0.905. The van der Waals surface area contributed by atoms with Gasteiger partial charge in [-0.2, -0.15) is 0 Å². The number of likely N-dealkylation sites (tertiary alicyclic amines) is 1. The summed E-state index contributed by atoms with van der Waals surface area (Å²) < 4.78 is 0. The van der Waals surface area contributed by atoms with E-state index in [0.29, 0.717) is 0 Å². The topological polar surface area (TPSA) is 3.24 Å². The maximum absolute atomic E-state index is 2.46. The largest absolute Gasteiger partial charge is 0.306 e. The monoisotopic (exact) mass is 151 g/mol. The highest BCUT2D eigenvalue weighted by Gasteiger charge is 2.21. The molecule has 2 aliphatic rings. The van der Waals surface area contributed by atoms with Gasteiger partial charge in [0.15, 0.2) is 0 Å². The van der Waals surface area contributed by atoms with Crippen LogP contribution in [0.15, 0.2) is 12.2 Å². The number of fused-ring (bicyclic) bond motifs is 2. The summed E-state index contributed by atoms with van der Waals surface area (Å²) in [6, 6.07) is 0. The van der Waals surface area contributed by atoms with Crippen LogP contribution in [0.2, 0.25) is 0 Å². The van der Waals surface area contributed by atoms with Crippen molar-refractivity contribution in [3.8, 4) is 0 Å². The third-order valence-corrected chi connectivity index (χ3v) is 3.02. The van der Waals surface area contributed by atoms with Crippen molar-refractivity contribution in [3.05, 3.63) is 12.2 Å². The Morgan fingerprint density at radius 3 is 2.18 bits per heavy atom. The molecule has 1 aliphatic carbocycles. The summed E-state index contributed by atoms with van der Waals surface area (Å²) >= 11 is 0. The first kappa shape index (κ1) is 7.35. The van der Waals surface area contributed by atoms with E-state index >= 15 is 0 Å². The van der Waals surface area contributed by atoms with Gasteiger partial charge in [0.1, 0.15) is 0 Å². The zero-order chi connectivity index (χ0) is 7.68. The highest BCUT2D eigenvalue weighted by molar-refractivity contribution is 5.02. The molecule has 1 aliphatic heterocycles. The summed E-state index contributed by atoms with van der Waals surface area (Å²) in [6.45, 7) is 2.59. The Balaban J connectivity index is 1.98. The highest BCUT2D eigenvalue weighted by Crippen LogP contribution is 2.30. The van der Waals surface area contributed by atoms with E-state index in [9.17, 15) is 0 Å². The van der Waals surface area contributed by atoms with Crippen molar-refractivity contribution in [3.63, 3.8) is 0 Å². The normalized spacial score (nSPS) is 38.6. The van der Waals surface area contributed by atoms with Gasteiger partial charge in [0.25, 0.3) is 0 Å². The van der Waals surface area contributed by atoms with Crippen molar-refractivity contribution < 1.29 is 0 Å². The summed E-state index contributed by atoms with van der Waals surface area (Å²) in [6.07, 6.45) is 9.06. The van der Waals surface area contributed by atoms with E-state index in [4.69, 9.17) is 0 Å². The fraction of sp³-hybridized carbons (Fsp3) is 0.800. The predicted octanol–water partition coefficient (Wildman–Crippen LogP) is 1.90. The molecular formula is C10H17N. The molecular weight excluding hydrogens is 134 g/mol. The van der Waals surface area contributed by atoms with Gasteiger partial charge >= 0.3 is 0 Å². The lowest BCUT2D eigenvalue weighted by atomic mass is 9.96. The molecule has 1 saturated heterocycles. The molecule has 0 radical (unpaired) electrons. The smallest absolute Gasteiger partial charge is 0.00162 e. The molecule has 0 spiro atoms. The van der Waals surface area contributed by atoms with Crippen molar-refractivity contribution in [2.45, 2.75) is 19.3 Å². The Morgan fingerprint density at radius 1 is 1.09 bits per heavy atom. The van der Waals surface area contributed by atoms with Crippen LogP contribution >= 0.6 is 0 Å². The third kappa shape index (κ3) is 1.64. The first-order valence-corrected chi connectivity index (χ1v) is 4.71. The molecule has 0 amide bonds. The Kier molecular flexibility index (Phi) is 1.99. The van der Waals surface area contributed by atoms with E-state index in [2.05, 4.69) is 24.1 Å². The summed E-state index contributed by atoms with van der Waals surface area (Å²) in [4.78, 5) is 2.46. The van der Waals surface area contributed by atoms with Crippen LogP contribution in [0.5, 0.6) is 0 Å². The average molecular weight is 151 g/mol. The Morgan fingerprint density at radius 2 is 1.64 bits per heavy atom. The lowest BCUT2D eigenvalue weighted by Gasteiger charge is -2.23. The standard InChI is InChI=1S/C10H17N/c1-11-6-4-9-2-3-10(8-9)5-7-11/h2-3,9-10H,4-8H2,1H3. The van der Waals surface area contributed by atoms with Gasteiger partial charge in [-0.15, -0.1) is 0 Å². The van der Waals surface area contributed by atoms with Crippen molar-refractivity contribution >= 4 is 0 Å². The minimum absolute atomic E-state index is 0.905. The van der Waals surface area contributed by atoms with Crippen molar-refractivity contribution in [2.24, 2.45) is 11.8 Å². The van der Waals surface area contributed by atoms with Crippen LogP contribution in [-0.4, -0.2) is 25.0 Å². The van der Waals surface area contributed by atoms with E-state index in [1.807, 2.05) is 0 Å². The molecule has 0 aromatic heterocycles. The van der Waals surface area contributed by atoms with E-state index in [1.54, 1.807) is 0 Å². The Labute approximate surface area is 69.1 Å². The van der Waals surface area contributed by atoms with Gasteiger partial charge in [-0.1, -0.05) is 12.2 Å². The molecule has 2 bridgehead atoms. The van der Waals surface area contributed by atoms with E-state index in [1.165, 1.54) is 32.4 Å². The zero-order valence-corrected chi connectivity index (χ0v) is 7.29. The average Bonchev–Trinajstić information content (AvgIpc) is 2.43. The van der Waals surface area contributed by atoms with Gasteiger partial charge in [0, 0.05) is 0 Å². The van der Waals surface area contributed by atoms with Crippen molar-refractivity contribution in [1.29, 1.82) is 0 Å². The van der Waals surface area contributed by atoms with Crippen LogP contribution < -0.4 is 0 Å². The molecule has 1 heteroatoms. The van der Waals surface area contributed by atoms with Gasteiger partial charge in [-0.25, -0.2) is 0 Å². The highest BCUT2D eigenvalue weighted by atomic mass is 15.1. The molecule has 2 rings (SSSR count). The van der Waals surface area contributed by atoms with Crippen molar-refractivity contribution in [2.75, 3.05) is 20.1 Å². The van der Waals surface area contributed by atoms with E-state index in [0.717, 1.165) is 11.8 Å². The van der Waals surface area contributed by atoms with Crippen LogP contribution in [0.4, 0.5) is 0 Å². The van der Waals surface area contributed by atoms with Crippen LogP contribution in [0.3, 0.4) is 0 Å². The lowest BCUT2D eigenvalue weighted by molar-refractivity contribution is 0.263. The molecule has 62 valence electrons. The zero-order valence-electron chi connectivity index (χ0n) is 7.29. The number of allylic oxidation sites excluding steroid dienone is 2. The minimum Gasteiger partial charge on any atom is -0.306 e. The van der Waals surface area contributed by atoms with Gasteiger partial charge in [-0.05, 0) is 51.2 Å². The van der Waals surface area contributed by atoms with E-state index < -0.39 is 0 Å². The summed E-state index contributed by atoms with van der Waals surface area (Å²) in [5.41, 5.74) is 0. The van der Waals surface area contributed by atoms with Gasteiger partial charge in [-0.3, -0.25) is 0 Å². The molecule has 0 aromatic carbocycles. The Bertz CT molecular complexity index is 146. The van der Waals surface area contributed by atoms with Crippen LogP contribution in [0, 0.1) is 11.8 Å². The molecule has 1 heterocycles. The number of rotatable bonds is 0.